The zero-order valence-electron chi connectivity index (χ0n) is 11.5. The molecule has 2 N–H and O–H groups in total. The number of hydrogen-bond acceptors (Lipinski definition) is 5. The summed E-state index contributed by atoms with van der Waals surface area (Å²) in [6.07, 6.45) is 2.14. The second-order valence-electron chi connectivity index (χ2n) is 4.82. The SMILES string of the molecule is NS(=O)(=O)c1ccc(CCn2cnc3ccsc3c2=O)cc1. The summed E-state index contributed by atoms with van der Waals surface area (Å²) in [5.74, 6) is 0. The van der Waals surface area contributed by atoms with Crippen molar-refractivity contribution in [3.8, 4) is 0 Å². The first-order chi connectivity index (χ1) is 10.4. The third-order valence-corrected chi connectivity index (χ3v) is 5.15. The minimum absolute atomic E-state index is 0.0545. The van der Waals surface area contributed by atoms with Gasteiger partial charge in [-0.3, -0.25) is 9.36 Å². The Labute approximate surface area is 130 Å². The van der Waals surface area contributed by atoms with E-state index in [0.717, 1.165) is 5.56 Å². The topological polar surface area (TPSA) is 95.1 Å². The largest absolute Gasteiger partial charge is 0.298 e. The Morgan fingerprint density at radius 2 is 1.91 bits per heavy atom. The highest BCUT2D eigenvalue weighted by Crippen LogP contribution is 2.14. The Morgan fingerprint density at radius 1 is 1.18 bits per heavy atom. The fourth-order valence-electron chi connectivity index (χ4n) is 2.13. The number of sulfonamides is 1. The molecule has 0 bridgehead atoms. The summed E-state index contributed by atoms with van der Waals surface area (Å²) in [6, 6.07) is 8.14. The molecule has 3 aromatic rings. The van der Waals surface area contributed by atoms with E-state index >= 15 is 0 Å². The molecule has 0 aliphatic rings. The van der Waals surface area contributed by atoms with Gasteiger partial charge in [-0.2, -0.15) is 0 Å². The Balaban J connectivity index is 1.79. The zero-order valence-corrected chi connectivity index (χ0v) is 13.1. The predicted molar refractivity (Wildman–Crippen MR) is 85.4 cm³/mol. The van der Waals surface area contributed by atoms with Gasteiger partial charge in [0, 0.05) is 6.54 Å². The highest BCUT2D eigenvalue weighted by Gasteiger charge is 2.08. The standard InChI is InChI=1S/C14H13N3O3S2/c15-22(19,20)11-3-1-10(2-4-11)5-7-17-9-16-12-6-8-21-13(12)14(17)18/h1-4,6,8-9H,5,7H2,(H2,15,19,20). The van der Waals surface area contributed by atoms with Crippen LogP contribution in [-0.4, -0.2) is 18.0 Å². The van der Waals surface area contributed by atoms with Gasteiger partial charge in [-0.25, -0.2) is 18.5 Å². The van der Waals surface area contributed by atoms with Crippen LogP contribution in [0.4, 0.5) is 0 Å². The number of hydrogen-bond donors (Lipinski definition) is 1. The van der Waals surface area contributed by atoms with E-state index in [1.165, 1.54) is 29.8 Å². The molecule has 0 fully saturated rings. The second-order valence-corrected chi connectivity index (χ2v) is 7.29. The number of aromatic nitrogens is 2. The Hall–Kier alpha value is -2.03. The van der Waals surface area contributed by atoms with E-state index in [-0.39, 0.29) is 10.5 Å². The van der Waals surface area contributed by atoms with Crippen molar-refractivity contribution in [1.82, 2.24) is 9.55 Å². The summed E-state index contributed by atoms with van der Waals surface area (Å²) in [7, 11) is -3.68. The van der Waals surface area contributed by atoms with Crippen molar-refractivity contribution in [3.05, 3.63) is 58.0 Å². The van der Waals surface area contributed by atoms with Crippen LogP contribution < -0.4 is 10.7 Å². The Bertz CT molecular complexity index is 972. The van der Waals surface area contributed by atoms with E-state index in [0.29, 0.717) is 23.2 Å². The normalized spacial score (nSPS) is 11.9. The van der Waals surface area contributed by atoms with Gasteiger partial charge < -0.3 is 0 Å². The van der Waals surface area contributed by atoms with E-state index in [9.17, 15) is 13.2 Å². The van der Waals surface area contributed by atoms with Crippen molar-refractivity contribution < 1.29 is 8.42 Å². The molecule has 0 saturated heterocycles. The number of benzene rings is 1. The van der Waals surface area contributed by atoms with Crippen LogP contribution in [0.5, 0.6) is 0 Å². The highest BCUT2D eigenvalue weighted by molar-refractivity contribution is 7.89. The Kier molecular flexibility index (Phi) is 3.81. The summed E-state index contributed by atoms with van der Waals surface area (Å²) < 4.78 is 24.6. The fraction of sp³-hybridized carbons (Fsp3) is 0.143. The van der Waals surface area contributed by atoms with Crippen LogP contribution in [0, 0.1) is 0 Å². The van der Waals surface area contributed by atoms with E-state index in [2.05, 4.69) is 4.98 Å². The summed E-state index contributed by atoms with van der Waals surface area (Å²) >= 11 is 1.38. The van der Waals surface area contributed by atoms with Crippen LogP contribution >= 0.6 is 11.3 Å². The van der Waals surface area contributed by atoms with Crippen LogP contribution in [0.15, 0.2) is 51.7 Å². The third-order valence-electron chi connectivity index (χ3n) is 3.33. The maximum Gasteiger partial charge on any atom is 0.271 e. The third kappa shape index (κ3) is 2.94. The first kappa shape index (κ1) is 14.9. The molecule has 0 amide bonds. The molecule has 3 rings (SSSR count). The van der Waals surface area contributed by atoms with Crippen molar-refractivity contribution >= 4 is 31.6 Å². The average molecular weight is 335 g/mol. The zero-order chi connectivity index (χ0) is 15.7. The van der Waals surface area contributed by atoms with Crippen molar-refractivity contribution in [2.75, 3.05) is 0 Å². The Morgan fingerprint density at radius 3 is 2.59 bits per heavy atom. The first-order valence-electron chi connectivity index (χ1n) is 6.49. The van der Waals surface area contributed by atoms with E-state index in [1.54, 1.807) is 16.7 Å². The number of thiophene rings is 1. The van der Waals surface area contributed by atoms with Crippen LogP contribution in [0.1, 0.15) is 5.56 Å². The number of primary sulfonamides is 1. The lowest BCUT2D eigenvalue weighted by Crippen LogP contribution is -2.20. The molecule has 114 valence electrons. The molecule has 0 spiro atoms. The number of fused-ring (bicyclic) bond motifs is 1. The van der Waals surface area contributed by atoms with E-state index in [4.69, 9.17) is 5.14 Å². The van der Waals surface area contributed by atoms with Crippen molar-refractivity contribution in [1.29, 1.82) is 0 Å². The summed E-state index contributed by atoms with van der Waals surface area (Å²) in [6.45, 7) is 0.481. The number of nitrogens with zero attached hydrogens (tertiary/aromatic N) is 2. The van der Waals surface area contributed by atoms with Crippen molar-refractivity contribution in [2.45, 2.75) is 17.9 Å². The van der Waals surface area contributed by atoms with Gasteiger partial charge >= 0.3 is 0 Å². The van der Waals surface area contributed by atoms with Gasteiger partial charge in [0.15, 0.2) is 0 Å². The summed E-state index contributed by atoms with van der Waals surface area (Å²) in [4.78, 5) is 16.6. The summed E-state index contributed by atoms with van der Waals surface area (Å²) in [5, 5.41) is 6.90. The molecule has 1 aromatic carbocycles. The van der Waals surface area contributed by atoms with Gasteiger partial charge in [-0.05, 0) is 35.6 Å². The molecule has 2 aromatic heterocycles. The predicted octanol–water partition coefficient (Wildman–Crippen LogP) is 1.35. The van der Waals surface area contributed by atoms with E-state index in [1.807, 2.05) is 11.4 Å². The van der Waals surface area contributed by atoms with Gasteiger partial charge in [0.1, 0.15) is 4.70 Å². The minimum Gasteiger partial charge on any atom is -0.298 e. The minimum atomic E-state index is -3.68. The highest BCUT2D eigenvalue weighted by atomic mass is 32.2. The molecule has 2 heterocycles. The van der Waals surface area contributed by atoms with Gasteiger partial charge in [-0.1, -0.05) is 12.1 Å². The maximum atomic E-state index is 12.2. The lowest BCUT2D eigenvalue weighted by molar-refractivity contribution is 0.597. The monoisotopic (exact) mass is 335 g/mol. The molecule has 0 aliphatic heterocycles. The molecular formula is C14H13N3O3S2. The summed E-state index contributed by atoms with van der Waals surface area (Å²) in [5.41, 5.74) is 1.58. The van der Waals surface area contributed by atoms with Crippen LogP contribution in [0.2, 0.25) is 0 Å². The quantitative estimate of drug-likeness (QED) is 0.778. The second kappa shape index (κ2) is 5.64. The molecule has 0 unspecified atom stereocenters. The van der Waals surface area contributed by atoms with E-state index < -0.39 is 10.0 Å². The molecule has 0 radical (unpaired) electrons. The molecular weight excluding hydrogens is 322 g/mol. The van der Waals surface area contributed by atoms with Gasteiger partial charge in [-0.15, -0.1) is 11.3 Å². The fourth-order valence-corrected chi connectivity index (χ4v) is 3.44. The van der Waals surface area contributed by atoms with Crippen molar-refractivity contribution in [2.24, 2.45) is 5.14 Å². The molecule has 0 aliphatic carbocycles. The van der Waals surface area contributed by atoms with Crippen LogP contribution in [-0.2, 0) is 23.0 Å². The molecule has 22 heavy (non-hydrogen) atoms. The molecule has 0 atom stereocenters. The van der Waals surface area contributed by atoms with Crippen LogP contribution in [0.3, 0.4) is 0 Å². The lowest BCUT2D eigenvalue weighted by atomic mass is 10.1. The van der Waals surface area contributed by atoms with Gasteiger partial charge in [0.05, 0.1) is 16.7 Å². The lowest BCUT2D eigenvalue weighted by Gasteiger charge is -2.06. The number of nitrogens with two attached hydrogens (primary N) is 1. The first-order valence-corrected chi connectivity index (χ1v) is 8.92. The van der Waals surface area contributed by atoms with Gasteiger partial charge in [0.25, 0.3) is 5.56 Å². The molecule has 6 nitrogen and oxygen atoms in total. The molecule has 0 saturated carbocycles. The van der Waals surface area contributed by atoms with Crippen molar-refractivity contribution in [3.63, 3.8) is 0 Å². The average Bonchev–Trinajstić information content (AvgIpc) is 2.95. The number of rotatable bonds is 4. The smallest absolute Gasteiger partial charge is 0.271 e. The maximum absolute atomic E-state index is 12.2. The van der Waals surface area contributed by atoms with Gasteiger partial charge in [0.2, 0.25) is 10.0 Å². The van der Waals surface area contributed by atoms with Crippen LogP contribution in [0.25, 0.3) is 10.2 Å². The molecule has 8 heteroatoms. The number of aryl methyl sites for hydroxylation is 2.